The number of hydrogen-bond donors (Lipinski definition) is 2. The van der Waals surface area contributed by atoms with Gasteiger partial charge in [0, 0.05) is 6.61 Å². The summed E-state index contributed by atoms with van der Waals surface area (Å²) in [6, 6.07) is 5.99. The van der Waals surface area contributed by atoms with Gasteiger partial charge in [0.1, 0.15) is 0 Å². The van der Waals surface area contributed by atoms with Crippen molar-refractivity contribution in [3.05, 3.63) is 34.3 Å². The second-order valence-electron chi connectivity index (χ2n) is 5.21. The first kappa shape index (κ1) is 13.4. The summed E-state index contributed by atoms with van der Waals surface area (Å²) in [6.07, 6.45) is 3.59. The van der Waals surface area contributed by atoms with E-state index in [-0.39, 0.29) is 12.1 Å². The molecule has 2 atom stereocenters. The molecule has 2 unspecified atom stereocenters. The molecule has 1 fully saturated rings. The molecular formula is C15H20N2O3. The molecule has 3 rings (SSSR count). The van der Waals surface area contributed by atoms with Crippen LogP contribution >= 0.6 is 0 Å². The molecule has 2 heterocycles. The summed E-state index contributed by atoms with van der Waals surface area (Å²) in [5.41, 5.74) is 2.44. The highest BCUT2D eigenvalue weighted by atomic mass is 16.5. The van der Waals surface area contributed by atoms with E-state index in [0.717, 1.165) is 37.1 Å². The van der Waals surface area contributed by atoms with Crippen LogP contribution in [0.25, 0.3) is 11.1 Å². The lowest BCUT2D eigenvalue weighted by Gasteiger charge is -2.31. The van der Waals surface area contributed by atoms with Gasteiger partial charge in [0.25, 0.3) is 0 Å². The van der Waals surface area contributed by atoms with Crippen molar-refractivity contribution in [1.82, 2.24) is 10.3 Å². The van der Waals surface area contributed by atoms with Crippen LogP contribution in [0.15, 0.2) is 27.4 Å². The van der Waals surface area contributed by atoms with Gasteiger partial charge in [-0.1, -0.05) is 13.0 Å². The maximum atomic E-state index is 11.2. The van der Waals surface area contributed by atoms with E-state index in [9.17, 15) is 4.79 Å². The smallest absolute Gasteiger partial charge is 0.408 e. The zero-order valence-corrected chi connectivity index (χ0v) is 11.6. The number of oxazole rings is 1. The monoisotopic (exact) mass is 276 g/mol. The molecule has 1 saturated heterocycles. The summed E-state index contributed by atoms with van der Waals surface area (Å²) < 4.78 is 11.0. The minimum atomic E-state index is -0.411. The van der Waals surface area contributed by atoms with Gasteiger partial charge < -0.3 is 14.5 Å². The summed E-state index contributed by atoms with van der Waals surface area (Å²) in [4.78, 5) is 13.9. The van der Waals surface area contributed by atoms with Crippen LogP contribution in [0.2, 0.25) is 0 Å². The minimum Gasteiger partial charge on any atom is -0.408 e. The fraction of sp³-hybridized carbons (Fsp3) is 0.533. The Balaban J connectivity index is 1.92. The lowest BCUT2D eigenvalue weighted by atomic mass is 9.95. The normalized spacial score (nSPS) is 21.1. The van der Waals surface area contributed by atoms with Gasteiger partial charge >= 0.3 is 5.76 Å². The van der Waals surface area contributed by atoms with Gasteiger partial charge in [0.15, 0.2) is 5.58 Å². The van der Waals surface area contributed by atoms with E-state index in [2.05, 4.69) is 17.2 Å². The molecule has 0 spiro atoms. The molecule has 20 heavy (non-hydrogen) atoms. The van der Waals surface area contributed by atoms with Crippen molar-refractivity contribution in [2.24, 2.45) is 0 Å². The molecule has 0 saturated carbocycles. The van der Waals surface area contributed by atoms with E-state index in [1.54, 1.807) is 0 Å². The van der Waals surface area contributed by atoms with Crippen LogP contribution in [0, 0.1) is 0 Å². The number of H-pyrrole nitrogens is 1. The third-order valence-electron chi connectivity index (χ3n) is 3.81. The molecule has 2 N–H and O–H groups in total. The highest BCUT2D eigenvalue weighted by molar-refractivity contribution is 5.72. The molecule has 5 heteroatoms. The molecule has 0 amide bonds. The quantitative estimate of drug-likeness (QED) is 0.899. The summed E-state index contributed by atoms with van der Waals surface area (Å²) in [5.74, 6) is -0.411. The van der Waals surface area contributed by atoms with E-state index < -0.39 is 5.76 Å². The first-order chi connectivity index (χ1) is 9.78. The number of nitrogens with one attached hydrogen (secondary N) is 2. The van der Waals surface area contributed by atoms with Crippen LogP contribution in [-0.2, 0) is 4.74 Å². The maximum absolute atomic E-state index is 11.2. The summed E-state index contributed by atoms with van der Waals surface area (Å²) in [7, 11) is 0. The molecule has 5 nitrogen and oxygen atoms in total. The number of hydrogen-bond acceptors (Lipinski definition) is 4. The van der Waals surface area contributed by atoms with Crippen molar-refractivity contribution >= 4 is 11.1 Å². The highest BCUT2D eigenvalue weighted by Crippen LogP contribution is 2.28. The predicted molar refractivity (Wildman–Crippen MR) is 76.8 cm³/mol. The number of aromatic nitrogens is 1. The van der Waals surface area contributed by atoms with Crippen molar-refractivity contribution in [1.29, 1.82) is 0 Å². The first-order valence-corrected chi connectivity index (χ1v) is 7.25. The average molecular weight is 276 g/mol. The van der Waals surface area contributed by atoms with Crippen LogP contribution < -0.4 is 11.1 Å². The number of benzene rings is 1. The van der Waals surface area contributed by atoms with E-state index in [1.165, 1.54) is 6.42 Å². The first-order valence-electron chi connectivity index (χ1n) is 7.25. The summed E-state index contributed by atoms with van der Waals surface area (Å²) in [5, 5.41) is 3.49. The van der Waals surface area contributed by atoms with Crippen molar-refractivity contribution < 1.29 is 9.15 Å². The van der Waals surface area contributed by atoms with Crippen LogP contribution in [0.4, 0.5) is 0 Å². The molecule has 0 radical (unpaired) electrons. The fourth-order valence-corrected chi connectivity index (χ4v) is 2.87. The highest BCUT2D eigenvalue weighted by Gasteiger charge is 2.25. The standard InChI is InChI=1S/C15H20N2O3/c1-2-16-14(12-5-3-4-8-19-12)10-6-7-11-13(9-10)20-15(18)17-11/h6-7,9,12,14,16H,2-5,8H2,1H3,(H,17,18). The van der Waals surface area contributed by atoms with Crippen molar-refractivity contribution in [2.45, 2.75) is 38.3 Å². The molecule has 1 aliphatic heterocycles. The summed E-state index contributed by atoms with van der Waals surface area (Å²) >= 11 is 0. The average Bonchev–Trinajstić information content (AvgIpc) is 2.84. The molecule has 1 aliphatic rings. The van der Waals surface area contributed by atoms with E-state index in [4.69, 9.17) is 9.15 Å². The second-order valence-corrected chi connectivity index (χ2v) is 5.21. The Morgan fingerprint density at radius 1 is 1.45 bits per heavy atom. The molecular weight excluding hydrogens is 256 g/mol. The number of rotatable bonds is 4. The van der Waals surface area contributed by atoms with Crippen LogP contribution in [0.3, 0.4) is 0 Å². The van der Waals surface area contributed by atoms with Crippen molar-refractivity contribution in [2.75, 3.05) is 13.2 Å². The Labute approximate surface area is 117 Å². The van der Waals surface area contributed by atoms with Gasteiger partial charge in [-0.05, 0) is 43.5 Å². The number of aromatic amines is 1. The molecule has 2 aromatic rings. The Kier molecular flexibility index (Phi) is 3.89. The minimum absolute atomic E-state index is 0.143. The number of fused-ring (bicyclic) bond motifs is 1. The van der Waals surface area contributed by atoms with E-state index >= 15 is 0 Å². The van der Waals surface area contributed by atoms with E-state index in [0.29, 0.717) is 5.58 Å². The van der Waals surface area contributed by atoms with Crippen LogP contribution in [-0.4, -0.2) is 24.2 Å². The van der Waals surface area contributed by atoms with Crippen LogP contribution in [0.1, 0.15) is 37.8 Å². The lowest BCUT2D eigenvalue weighted by Crippen LogP contribution is -2.35. The van der Waals surface area contributed by atoms with Gasteiger partial charge in [-0.2, -0.15) is 0 Å². The fourth-order valence-electron chi connectivity index (χ4n) is 2.87. The van der Waals surface area contributed by atoms with Gasteiger partial charge in [-0.3, -0.25) is 4.98 Å². The van der Waals surface area contributed by atoms with Crippen LogP contribution in [0.5, 0.6) is 0 Å². The molecule has 0 bridgehead atoms. The largest absolute Gasteiger partial charge is 0.417 e. The predicted octanol–water partition coefficient (Wildman–Crippen LogP) is 2.34. The zero-order chi connectivity index (χ0) is 13.9. The Bertz CT molecular complexity index is 625. The zero-order valence-electron chi connectivity index (χ0n) is 11.6. The molecule has 108 valence electrons. The van der Waals surface area contributed by atoms with Gasteiger partial charge in [0.2, 0.25) is 0 Å². The molecule has 0 aliphatic carbocycles. The second kappa shape index (κ2) is 5.81. The maximum Gasteiger partial charge on any atom is 0.417 e. The van der Waals surface area contributed by atoms with Crippen molar-refractivity contribution in [3.63, 3.8) is 0 Å². The third kappa shape index (κ3) is 2.64. The topological polar surface area (TPSA) is 67.3 Å². The Morgan fingerprint density at radius 2 is 2.35 bits per heavy atom. The van der Waals surface area contributed by atoms with Gasteiger partial charge in [-0.15, -0.1) is 0 Å². The van der Waals surface area contributed by atoms with Crippen molar-refractivity contribution in [3.8, 4) is 0 Å². The lowest BCUT2D eigenvalue weighted by molar-refractivity contribution is -0.00784. The third-order valence-corrected chi connectivity index (χ3v) is 3.81. The van der Waals surface area contributed by atoms with E-state index in [1.807, 2.05) is 18.2 Å². The SMILES string of the molecule is CCNC(c1ccc2[nH]c(=O)oc2c1)C1CCCCO1. The Morgan fingerprint density at radius 3 is 3.10 bits per heavy atom. The van der Waals surface area contributed by atoms with Gasteiger partial charge in [-0.25, -0.2) is 4.79 Å². The number of ether oxygens (including phenoxy) is 1. The molecule has 1 aromatic carbocycles. The molecule has 1 aromatic heterocycles. The van der Waals surface area contributed by atoms with Gasteiger partial charge in [0.05, 0.1) is 17.7 Å². The number of likely N-dealkylation sites (N-methyl/N-ethyl adjacent to an activating group) is 1. The summed E-state index contributed by atoms with van der Waals surface area (Å²) in [6.45, 7) is 3.79. The Hall–Kier alpha value is -1.59.